The number of likely N-dealkylation sites (N-methyl/N-ethyl adjacent to an activating group) is 1. The molecule has 0 amide bonds. The van der Waals surface area contributed by atoms with Gasteiger partial charge in [0.15, 0.2) is 0 Å². The van der Waals surface area contributed by atoms with E-state index < -0.39 is 0 Å². The molecule has 2 atom stereocenters. The molecular formula is C15H27NSi. The summed E-state index contributed by atoms with van der Waals surface area (Å²) in [4.78, 5) is 2.57. The van der Waals surface area contributed by atoms with Gasteiger partial charge < -0.3 is 4.90 Å². The SMILES string of the molecule is CCC(c1ccccc1[SiH3])C(C)N(CC)CC. The van der Waals surface area contributed by atoms with Gasteiger partial charge in [-0.2, -0.15) is 0 Å². The van der Waals surface area contributed by atoms with Crippen LogP contribution in [0, 0.1) is 0 Å². The standard InChI is InChI=1S/C15H27NSi/c1-5-13(12(4)16(6-2)7-3)14-10-8-9-11-15(14)17/h8-13H,5-7H2,1-4,17H3. The summed E-state index contributed by atoms with van der Waals surface area (Å²) in [6.07, 6.45) is 1.23. The molecule has 0 aliphatic heterocycles. The average molecular weight is 249 g/mol. The third-order valence-electron chi connectivity index (χ3n) is 4.00. The second kappa shape index (κ2) is 6.97. The Kier molecular flexibility index (Phi) is 5.93. The highest BCUT2D eigenvalue weighted by molar-refractivity contribution is 6.33. The fraction of sp³-hybridized carbons (Fsp3) is 0.600. The molecule has 0 fully saturated rings. The lowest BCUT2D eigenvalue weighted by molar-refractivity contribution is 0.199. The van der Waals surface area contributed by atoms with Crippen LogP contribution in [0.15, 0.2) is 24.3 Å². The fourth-order valence-corrected chi connectivity index (χ4v) is 3.61. The molecule has 2 unspecified atom stereocenters. The highest BCUT2D eigenvalue weighted by Crippen LogP contribution is 2.25. The van der Waals surface area contributed by atoms with Gasteiger partial charge in [0.25, 0.3) is 0 Å². The van der Waals surface area contributed by atoms with Gasteiger partial charge >= 0.3 is 0 Å². The normalized spacial score (nSPS) is 15.1. The third-order valence-corrected chi connectivity index (χ3v) is 4.91. The van der Waals surface area contributed by atoms with Crippen LogP contribution >= 0.6 is 0 Å². The Morgan fingerprint density at radius 1 is 1.12 bits per heavy atom. The van der Waals surface area contributed by atoms with Crippen LogP contribution in [0.3, 0.4) is 0 Å². The minimum absolute atomic E-state index is 0.644. The monoisotopic (exact) mass is 249 g/mol. The molecule has 0 aromatic heterocycles. The first-order chi connectivity index (χ1) is 8.15. The molecule has 0 radical (unpaired) electrons. The number of benzene rings is 1. The van der Waals surface area contributed by atoms with Gasteiger partial charge in [-0.25, -0.2) is 0 Å². The predicted molar refractivity (Wildman–Crippen MR) is 81.4 cm³/mol. The number of hydrogen-bond acceptors (Lipinski definition) is 1. The van der Waals surface area contributed by atoms with Gasteiger partial charge in [-0.1, -0.05) is 50.2 Å². The molecule has 1 aromatic carbocycles. The summed E-state index contributed by atoms with van der Waals surface area (Å²) in [6.45, 7) is 11.5. The topological polar surface area (TPSA) is 3.24 Å². The van der Waals surface area contributed by atoms with Crippen molar-refractivity contribution in [2.75, 3.05) is 13.1 Å². The number of nitrogens with zero attached hydrogens (tertiary/aromatic N) is 1. The molecule has 0 bridgehead atoms. The Morgan fingerprint density at radius 3 is 2.18 bits per heavy atom. The smallest absolute Gasteiger partial charge is 0.0388 e. The van der Waals surface area contributed by atoms with Crippen molar-refractivity contribution in [1.29, 1.82) is 0 Å². The van der Waals surface area contributed by atoms with Gasteiger partial charge in [0, 0.05) is 16.3 Å². The van der Waals surface area contributed by atoms with Crippen molar-refractivity contribution in [1.82, 2.24) is 4.90 Å². The van der Waals surface area contributed by atoms with Gasteiger partial charge in [-0.3, -0.25) is 0 Å². The molecule has 0 saturated carbocycles. The lowest BCUT2D eigenvalue weighted by Crippen LogP contribution is -2.38. The molecule has 0 aliphatic carbocycles. The third kappa shape index (κ3) is 3.43. The van der Waals surface area contributed by atoms with Gasteiger partial charge in [-0.05, 0) is 37.9 Å². The van der Waals surface area contributed by atoms with Crippen LogP contribution in [0.2, 0.25) is 0 Å². The van der Waals surface area contributed by atoms with E-state index in [1.807, 2.05) is 0 Å². The maximum absolute atomic E-state index is 2.57. The number of hydrogen-bond donors (Lipinski definition) is 0. The molecular weight excluding hydrogens is 222 g/mol. The van der Waals surface area contributed by atoms with E-state index in [4.69, 9.17) is 0 Å². The van der Waals surface area contributed by atoms with E-state index in [9.17, 15) is 0 Å². The quantitative estimate of drug-likeness (QED) is 0.696. The van der Waals surface area contributed by atoms with E-state index in [0.29, 0.717) is 12.0 Å². The van der Waals surface area contributed by atoms with Crippen LogP contribution in [0.25, 0.3) is 0 Å². The summed E-state index contributed by atoms with van der Waals surface area (Å²) in [5, 5.41) is 1.57. The summed E-state index contributed by atoms with van der Waals surface area (Å²) in [7, 11) is 1.15. The van der Waals surface area contributed by atoms with Gasteiger partial charge in [0.05, 0.1) is 0 Å². The fourth-order valence-electron chi connectivity index (χ4n) is 2.88. The van der Waals surface area contributed by atoms with Crippen LogP contribution in [-0.2, 0) is 0 Å². The van der Waals surface area contributed by atoms with Crippen LogP contribution in [0.1, 0.15) is 45.6 Å². The van der Waals surface area contributed by atoms with E-state index >= 15 is 0 Å². The maximum atomic E-state index is 2.57. The van der Waals surface area contributed by atoms with Crippen molar-refractivity contribution in [3.8, 4) is 0 Å². The van der Waals surface area contributed by atoms with E-state index in [0.717, 1.165) is 23.3 Å². The van der Waals surface area contributed by atoms with Gasteiger partial charge in [0.1, 0.15) is 0 Å². The number of rotatable bonds is 6. The summed E-state index contributed by atoms with van der Waals surface area (Å²) in [5.74, 6) is 0.684. The van der Waals surface area contributed by atoms with Crippen molar-refractivity contribution in [2.45, 2.75) is 46.1 Å². The second-order valence-corrected chi connectivity index (χ2v) is 5.91. The Bertz CT molecular complexity index is 333. The van der Waals surface area contributed by atoms with Gasteiger partial charge in [0.2, 0.25) is 0 Å². The first-order valence-electron chi connectivity index (χ1n) is 6.95. The van der Waals surface area contributed by atoms with Crippen LogP contribution in [0.4, 0.5) is 0 Å². The Labute approximate surface area is 110 Å². The van der Waals surface area contributed by atoms with E-state index in [1.54, 1.807) is 10.8 Å². The van der Waals surface area contributed by atoms with Crippen LogP contribution in [-0.4, -0.2) is 34.3 Å². The first-order valence-corrected chi connectivity index (χ1v) is 7.95. The van der Waals surface area contributed by atoms with E-state index in [1.165, 1.54) is 6.42 Å². The minimum Gasteiger partial charge on any atom is -0.301 e. The van der Waals surface area contributed by atoms with Crippen molar-refractivity contribution in [2.24, 2.45) is 0 Å². The second-order valence-electron chi connectivity index (χ2n) is 4.83. The zero-order chi connectivity index (χ0) is 12.8. The van der Waals surface area contributed by atoms with Crippen molar-refractivity contribution >= 4 is 15.4 Å². The molecule has 0 saturated heterocycles. The molecule has 1 aromatic rings. The summed E-state index contributed by atoms with van der Waals surface area (Å²) in [6, 6.07) is 9.62. The molecule has 0 heterocycles. The molecule has 0 aliphatic rings. The summed E-state index contributed by atoms with van der Waals surface area (Å²) in [5.41, 5.74) is 1.58. The van der Waals surface area contributed by atoms with Crippen molar-refractivity contribution < 1.29 is 0 Å². The van der Waals surface area contributed by atoms with Crippen LogP contribution < -0.4 is 5.19 Å². The minimum atomic E-state index is 0.644. The predicted octanol–water partition coefficient (Wildman–Crippen LogP) is 1.90. The maximum Gasteiger partial charge on any atom is 0.0388 e. The molecule has 0 spiro atoms. The zero-order valence-electron chi connectivity index (χ0n) is 12.0. The van der Waals surface area contributed by atoms with E-state index in [-0.39, 0.29) is 0 Å². The average Bonchev–Trinajstić information content (AvgIpc) is 2.34. The molecule has 1 rings (SSSR count). The Morgan fingerprint density at radius 2 is 1.71 bits per heavy atom. The summed E-state index contributed by atoms with van der Waals surface area (Å²) >= 11 is 0. The van der Waals surface area contributed by atoms with Gasteiger partial charge in [-0.15, -0.1) is 0 Å². The highest BCUT2D eigenvalue weighted by Gasteiger charge is 2.22. The Balaban J connectivity index is 2.95. The van der Waals surface area contributed by atoms with E-state index in [2.05, 4.69) is 56.9 Å². The largest absolute Gasteiger partial charge is 0.301 e. The van der Waals surface area contributed by atoms with Crippen molar-refractivity contribution in [3.63, 3.8) is 0 Å². The lowest BCUT2D eigenvalue weighted by Gasteiger charge is -2.34. The molecule has 2 heteroatoms. The molecule has 96 valence electrons. The molecule has 17 heavy (non-hydrogen) atoms. The zero-order valence-corrected chi connectivity index (χ0v) is 14.0. The Hall–Kier alpha value is -0.603. The lowest BCUT2D eigenvalue weighted by atomic mass is 9.89. The summed E-state index contributed by atoms with van der Waals surface area (Å²) < 4.78 is 0. The first kappa shape index (κ1) is 14.5. The van der Waals surface area contributed by atoms with Crippen LogP contribution in [0.5, 0.6) is 0 Å². The highest BCUT2D eigenvalue weighted by atomic mass is 28.1. The van der Waals surface area contributed by atoms with Crippen molar-refractivity contribution in [3.05, 3.63) is 29.8 Å². The molecule has 0 N–H and O–H groups in total. The molecule has 1 nitrogen and oxygen atoms in total.